The van der Waals surface area contributed by atoms with E-state index in [2.05, 4.69) is 9.84 Å². The first-order chi connectivity index (χ1) is 7.72. The summed E-state index contributed by atoms with van der Waals surface area (Å²) in [6.07, 6.45) is 0.992. The second-order valence-corrected chi connectivity index (χ2v) is 3.66. The Balaban J connectivity index is 2.27. The van der Waals surface area contributed by atoms with Gasteiger partial charge in [0.05, 0.1) is 24.7 Å². The molecule has 0 saturated carbocycles. The third-order valence-corrected chi connectivity index (χ3v) is 2.63. The van der Waals surface area contributed by atoms with Crippen molar-refractivity contribution < 1.29 is 9.53 Å². The highest BCUT2D eigenvalue weighted by atomic mass is 16.5. The molecule has 0 aliphatic heterocycles. The van der Waals surface area contributed by atoms with Crippen LogP contribution in [0.4, 0.5) is 0 Å². The van der Waals surface area contributed by atoms with Crippen LogP contribution >= 0.6 is 0 Å². The standard InChI is InChI=1S/C12H14N2O2/c1-14-11-6-4-3-5-9(11)10(13-14)7-8-12(15)16-2/h3-6H,7-8H2,1-2H3. The summed E-state index contributed by atoms with van der Waals surface area (Å²) in [5.74, 6) is -0.199. The highest BCUT2D eigenvalue weighted by Crippen LogP contribution is 2.18. The first kappa shape index (κ1) is 10.7. The van der Waals surface area contributed by atoms with E-state index in [4.69, 9.17) is 0 Å². The Morgan fingerprint density at radius 2 is 2.19 bits per heavy atom. The minimum Gasteiger partial charge on any atom is -0.469 e. The number of para-hydroxylation sites is 1. The first-order valence-corrected chi connectivity index (χ1v) is 5.20. The Morgan fingerprint density at radius 3 is 2.94 bits per heavy atom. The smallest absolute Gasteiger partial charge is 0.305 e. The van der Waals surface area contributed by atoms with Crippen LogP contribution in [0.3, 0.4) is 0 Å². The second-order valence-electron chi connectivity index (χ2n) is 3.66. The molecular formula is C12H14N2O2. The fourth-order valence-electron chi connectivity index (χ4n) is 1.80. The molecule has 84 valence electrons. The zero-order chi connectivity index (χ0) is 11.5. The summed E-state index contributed by atoms with van der Waals surface area (Å²) in [6.45, 7) is 0. The van der Waals surface area contributed by atoms with E-state index in [1.807, 2.05) is 36.0 Å². The number of esters is 1. The molecule has 0 saturated heterocycles. The molecule has 1 heterocycles. The number of hydrogen-bond donors (Lipinski definition) is 0. The van der Waals surface area contributed by atoms with E-state index in [0.29, 0.717) is 12.8 Å². The van der Waals surface area contributed by atoms with Crippen molar-refractivity contribution in [1.82, 2.24) is 9.78 Å². The van der Waals surface area contributed by atoms with E-state index < -0.39 is 0 Å². The number of methoxy groups -OCH3 is 1. The van der Waals surface area contributed by atoms with Crippen LogP contribution in [0, 0.1) is 0 Å². The predicted octanol–water partition coefficient (Wildman–Crippen LogP) is 1.68. The fourth-order valence-corrected chi connectivity index (χ4v) is 1.80. The number of nitrogens with zero attached hydrogens (tertiary/aromatic N) is 2. The number of fused-ring (bicyclic) bond motifs is 1. The van der Waals surface area contributed by atoms with E-state index in [-0.39, 0.29) is 5.97 Å². The third-order valence-electron chi connectivity index (χ3n) is 2.63. The molecule has 4 nitrogen and oxygen atoms in total. The molecule has 0 bridgehead atoms. The van der Waals surface area contributed by atoms with Crippen LogP contribution in [0.5, 0.6) is 0 Å². The van der Waals surface area contributed by atoms with Gasteiger partial charge < -0.3 is 4.74 Å². The molecule has 1 aromatic heterocycles. The molecule has 0 aliphatic rings. The van der Waals surface area contributed by atoms with Crippen LogP contribution in [0.25, 0.3) is 10.9 Å². The van der Waals surface area contributed by atoms with Crippen LogP contribution in [-0.2, 0) is 23.0 Å². The van der Waals surface area contributed by atoms with Gasteiger partial charge in [0.2, 0.25) is 0 Å². The van der Waals surface area contributed by atoms with E-state index in [0.717, 1.165) is 16.6 Å². The van der Waals surface area contributed by atoms with Gasteiger partial charge in [0, 0.05) is 18.9 Å². The van der Waals surface area contributed by atoms with Crippen LogP contribution in [0.15, 0.2) is 24.3 Å². The summed E-state index contributed by atoms with van der Waals surface area (Å²) < 4.78 is 6.45. The Kier molecular flexibility index (Phi) is 2.90. The van der Waals surface area contributed by atoms with Gasteiger partial charge in [-0.1, -0.05) is 18.2 Å². The van der Waals surface area contributed by atoms with Gasteiger partial charge in [0.25, 0.3) is 0 Å². The van der Waals surface area contributed by atoms with Gasteiger partial charge in [-0.3, -0.25) is 9.48 Å². The minimum atomic E-state index is -0.199. The third kappa shape index (κ3) is 1.91. The number of benzene rings is 1. The minimum absolute atomic E-state index is 0.199. The van der Waals surface area contributed by atoms with E-state index in [1.54, 1.807) is 0 Å². The van der Waals surface area contributed by atoms with Gasteiger partial charge >= 0.3 is 5.97 Å². The largest absolute Gasteiger partial charge is 0.469 e. The van der Waals surface area contributed by atoms with Gasteiger partial charge in [-0.15, -0.1) is 0 Å². The molecule has 0 atom stereocenters. The maximum Gasteiger partial charge on any atom is 0.305 e. The molecule has 0 fully saturated rings. The zero-order valence-electron chi connectivity index (χ0n) is 9.43. The van der Waals surface area contributed by atoms with E-state index in [1.165, 1.54) is 7.11 Å². The molecule has 0 unspecified atom stereocenters. The number of ether oxygens (including phenoxy) is 1. The van der Waals surface area contributed by atoms with Crippen molar-refractivity contribution in [3.05, 3.63) is 30.0 Å². The van der Waals surface area contributed by atoms with Crippen LogP contribution in [0.2, 0.25) is 0 Å². The molecule has 0 N–H and O–H groups in total. The van der Waals surface area contributed by atoms with Gasteiger partial charge in [-0.05, 0) is 6.07 Å². The maximum absolute atomic E-state index is 11.1. The molecule has 1 aromatic carbocycles. The summed E-state index contributed by atoms with van der Waals surface area (Å²) in [5.41, 5.74) is 2.03. The van der Waals surface area contributed by atoms with Crippen molar-refractivity contribution in [3.8, 4) is 0 Å². The lowest BCUT2D eigenvalue weighted by molar-refractivity contribution is -0.140. The highest BCUT2D eigenvalue weighted by Gasteiger charge is 2.09. The van der Waals surface area contributed by atoms with Crippen molar-refractivity contribution in [3.63, 3.8) is 0 Å². The van der Waals surface area contributed by atoms with E-state index >= 15 is 0 Å². The van der Waals surface area contributed by atoms with Gasteiger partial charge in [0.1, 0.15) is 0 Å². The number of rotatable bonds is 3. The van der Waals surface area contributed by atoms with Crippen molar-refractivity contribution >= 4 is 16.9 Å². The van der Waals surface area contributed by atoms with Crippen LogP contribution < -0.4 is 0 Å². The first-order valence-electron chi connectivity index (χ1n) is 5.20. The lowest BCUT2D eigenvalue weighted by Crippen LogP contribution is -2.02. The van der Waals surface area contributed by atoms with Crippen molar-refractivity contribution in [2.45, 2.75) is 12.8 Å². The Bertz CT molecular complexity index is 517. The zero-order valence-corrected chi connectivity index (χ0v) is 9.43. The average molecular weight is 218 g/mol. The van der Waals surface area contributed by atoms with E-state index in [9.17, 15) is 4.79 Å². The molecule has 0 radical (unpaired) electrons. The summed E-state index contributed by atoms with van der Waals surface area (Å²) in [7, 11) is 3.31. The number of carbonyl (C=O) groups excluding carboxylic acids is 1. The second kappa shape index (κ2) is 4.35. The van der Waals surface area contributed by atoms with Gasteiger partial charge in [0.15, 0.2) is 0 Å². The Labute approximate surface area is 93.8 Å². The lowest BCUT2D eigenvalue weighted by atomic mass is 10.1. The van der Waals surface area contributed by atoms with Crippen molar-refractivity contribution in [2.24, 2.45) is 7.05 Å². The topological polar surface area (TPSA) is 44.1 Å². The van der Waals surface area contributed by atoms with Crippen molar-refractivity contribution in [1.29, 1.82) is 0 Å². The Hall–Kier alpha value is -1.84. The molecule has 0 amide bonds. The molecule has 16 heavy (non-hydrogen) atoms. The number of aromatic nitrogens is 2. The maximum atomic E-state index is 11.1. The monoisotopic (exact) mass is 218 g/mol. The summed E-state index contributed by atoms with van der Waals surface area (Å²) >= 11 is 0. The molecule has 0 spiro atoms. The fraction of sp³-hybridized carbons (Fsp3) is 0.333. The SMILES string of the molecule is COC(=O)CCc1nn(C)c2ccccc12. The molecular weight excluding hydrogens is 204 g/mol. The average Bonchev–Trinajstić information content (AvgIpc) is 2.64. The summed E-state index contributed by atoms with van der Waals surface area (Å²) in [6, 6.07) is 8.00. The Morgan fingerprint density at radius 1 is 1.44 bits per heavy atom. The number of hydrogen-bond acceptors (Lipinski definition) is 3. The quantitative estimate of drug-likeness (QED) is 0.736. The van der Waals surface area contributed by atoms with Crippen LogP contribution in [-0.4, -0.2) is 22.9 Å². The van der Waals surface area contributed by atoms with Crippen LogP contribution in [0.1, 0.15) is 12.1 Å². The number of aryl methyl sites for hydroxylation is 2. The lowest BCUT2D eigenvalue weighted by Gasteiger charge is -1.96. The molecule has 2 rings (SSSR count). The highest BCUT2D eigenvalue weighted by molar-refractivity contribution is 5.82. The van der Waals surface area contributed by atoms with Gasteiger partial charge in [-0.25, -0.2) is 0 Å². The van der Waals surface area contributed by atoms with Gasteiger partial charge in [-0.2, -0.15) is 5.10 Å². The predicted molar refractivity (Wildman–Crippen MR) is 61.1 cm³/mol. The van der Waals surface area contributed by atoms with Crippen molar-refractivity contribution in [2.75, 3.05) is 7.11 Å². The summed E-state index contributed by atoms with van der Waals surface area (Å²) in [4.78, 5) is 11.1. The summed E-state index contributed by atoms with van der Waals surface area (Å²) in [5, 5.41) is 5.51. The number of carbonyl (C=O) groups is 1. The normalized spacial score (nSPS) is 10.6. The molecule has 0 aliphatic carbocycles. The molecule has 2 aromatic rings. The molecule has 4 heteroatoms.